The van der Waals surface area contributed by atoms with E-state index in [4.69, 9.17) is 5.73 Å². The summed E-state index contributed by atoms with van der Waals surface area (Å²) in [7, 11) is 0. The molecule has 0 aliphatic carbocycles. The quantitative estimate of drug-likeness (QED) is 0.783. The van der Waals surface area contributed by atoms with Crippen LogP contribution < -0.4 is 10.6 Å². The fourth-order valence-electron chi connectivity index (χ4n) is 1.99. The minimum absolute atomic E-state index is 0.601. The second-order valence-corrected chi connectivity index (χ2v) is 4.25. The van der Waals surface area contributed by atoms with Gasteiger partial charge in [-0.25, -0.2) is 9.97 Å². The van der Waals surface area contributed by atoms with E-state index >= 15 is 0 Å². The van der Waals surface area contributed by atoms with Crippen molar-refractivity contribution >= 4 is 5.95 Å². The van der Waals surface area contributed by atoms with Crippen LogP contribution in [0.4, 0.5) is 5.95 Å². The fraction of sp³-hybridized carbons (Fsp3) is 0.636. The van der Waals surface area contributed by atoms with Crippen molar-refractivity contribution in [1.82, 2.24) is 9.97 Å². The molecule has 1 aliphatic rings. The van der Waals surface area contributed by atoms with E-state index in [0.29, 0.717) is 5.92 Å². The molecule has 4 nitrogen and oxygen atoms in total. The fourth-order valence-corrected chi connectivity index (χ4v) is 1.99. The summed E-state index contributed by atoms with van der Waals surface area (Å²) >= 11 is 0. The van der Waals surface area contributed by atoms with E-state index in [1.54, 1.807) is 0 Å². The van der Waals surface area contributed by atoms with Crippen LogP contribution in [0.2, 0.25) is 0 Å². The third-order valence-corrected chi connectivity index (χ3v) is 2.90. The summed E-state index contributed by atoms with van der Waals surface area (Å²) in [4.78, 5) is 10.9. The molecule has 15 heavy (non-hydrogen) atoms. The molecular weight excluding hydrogens is 188 g/mol. The highest BCUT2D eigenvalue weighted by Gasteiger charge is 2.20. The predicted molar refractivity (Wildman–Crippen MR) is 60.8 cm³/mol. The first-order valence-corrected chi connectivity index (χ1v) is 5.53. The van der Waals surface area contributed by atoms with Crippen molar-refractivity contribution in [2.45, 2.75) is 19.8 Å². The van der Waals surface area contributed by atoms with Gasteiger partial charge in [-0.2, -0.15) is 0 Å². The number of rotatable bonds is 2. The first-order chi connectivity index (χ1) is 7.29. The molecular formula is C11H18N4. The van der Waals surface area contributed by atoms with Crippen molar-refractivity contribution in [2.75, 3.05) is 24.5 Å². The molecule has 0 radical (unpaired) electrons. The Bertz CT molecular complexity index is 309. The topological polar surface area (TPSA) is 55.0 Å². The maximum atomic E-state index is 5.70. The number of piperidine rings is 1. The van der Waals surface area contributed by atoms with Gasteiger partial charge in [-0.3, -0.25) is 0 Å². The number of anilines is 1. The minimum Gasteiger partial charge on any atom is -0.341 e. The van der Waals surface area contributed by atoms with E-state index in [1.807, 2.05) is 19.3 Å². The highest BCUT2D eigenvalue weighted by Crippen LogP contribution is 2.19. The zero-order valence-electron chi connectivity index (χ0n) is 9.19. The summed E-state index contributed by atoms with van der Waals surface area (Å²) in [5, 5.41) is 0. The van der Waals surface area contributed by atoms with Crippen LogP contribution in [0.15, 0.2) is 12.4 Å². The Labute approximate surface area is 90.5 Å². The van der Waals surface area contributed by atoms with E-state index in [-0.39, 0.29) is 0 Å². The van der Waals surface area contributed by atoms with Gasteiger partial charge >= 0.3 is 0 Å². The molecule has 82 valence electrons. The van der Waals surface area contributed by atoms with Crippen LogP contribution in [0.1, 0.15) is 18.4 Å². The van der Waals surface area contributed by atoms with Gasteiger partial charge < -0.3 is 10.6 Å². The Balaban J connectivity index is 2.06. The first kappa shape index (κ1) is 10.4. The summed E-state index contributed by atoms with van der Waals surface area (Å²) < 4.78 is 0. The molecule has 1 atom stereocenters. The van der Waals surface area contributed by atoms with Gasteiger partial charge in [0.1, 0.15) is 0 Å². The highest BCUT2D eigenvalue weighted by molar-refractivity contribution is 5.30. The number of aromatic nitrogens is 2. The number of nitrogens with two attached hydrogens (primary N) is 1. The zero-order valence-corrected chi connectivity index (χ0v) is 9.19. The van der Waals surface area contributed by atoms with Crippen LogP contribution in [-0.4, -0.2) is 29.6 Å². The lowest BCUT2D eigenvalue weighted by atomic mass is 9.99. The van der Waals surface area contributed by atoms with E-state index in [2.05, 4.69) is 14.9 Å². The molecule has 1 unspecified atom stereocenters. The third kappa shape index (κ3) is 2.45. The van der Waals surface area contributed by atoms with Crippen LogP contribution in [0.5, 0.6) is 0 Å². The number of nitrogens with zero attached hydrogens (tertiary/aromatic N) is 3. The van der Waals surface area contributed by atoms with Crippen LogP contribution in [0.3, 0.4) is 0 Å². The van der Waals surface area contributed by atoms with Crippen molar-refractivity contribution in [3.8, 4) is 0 Å². The van der Waals surface area contributed by atoms with Gasteiger partial charge in [0.2, 0.25) is 5.95 Å². The van der Waals surface area contributed by atoms with Gasteiger partial charge in [0.15, 0.2) is 0 Å². The summed E-state index contributed by atoms with van der Waals surface area (Å²) in [6.07, 6.45) is 6.17. The molecule has 1 saturated heterocycles. The van der Waals surface area contributed by atoms with Gasteiger partial charge in [-0.1, -0.05) is 0 Å². The van der Waals surface area contributed by atoms with Crippen molar-refractivity contribution in [3.05, 3.63) is 18.0 Å². The molecule has 1 aromatic rings. The Morgan fingerprint density at radius 2 is 2.20 bits per heavy atom. The standard InChI is InChI=1S/C11H18N4/c1-9-6-13-11(14-7-9)15-4-2-3-10(5-12)8-15/h6-7,10H,2-5,8,12H2,1H3. The summed E-state index contributed by atoms with van der Waals surface area (Å²) in [6, 6.07) is 0. The lowest BCUT2D eigenvalue weighted by Crippen LogP contribution is -2.39. The number of aryl methyl sites for hydroxylation is 1. The Kier molecular flexibility index (Phi) is 3.16. The Morgan fingerprint density at radius 3 is 2.87 bits per heavy atom. The lowest BCUT2D eigenvalue weighted by molar-refractivity contribution is 0.419. The zero-order chi connectivity index (χ0) is 10.7. The number of hydrogen-bond donors (Lipinski definition) is 1. The van der Waals surface area contributed by atoms with Gasteiger partial charge in [0, 0.05) is 25.5 Å². The maximum Gasteiger partial charge on any atom is 0.225 e. The molecule has 1 aliphatic heterocycles. The highest BCUT2D eigenvalue weighted by atomic mass is 15.2. The average Bonchev–Trinajstić information content (AvgIpc) is 2.30. The van der Waals surface area contributed by atoms with Crippen molar-refractivity contribution in [3.63, 3.8) is 0 Å². The number of hydrogen-bond acceptors (Lipinski definition) is 4. The summed E-state index contributed by atoms with van der Waals surface area (Å²) in [5.41, 5.74) is 6.80. The normalized spacial score (nSPS) is 21.7. The minimum atomic E-state index is 0.601. The molecule has 0 amide bonds. The van der Waals surface area contributed by atoms with E-state index < -0.39 is 0 Å². The largest absolute Gasteiger partial charge is 0.341 e. The third-order valence-electron chi connectivity index (χ3n) is 2.90. The van der Waals surface area contributed by atoms with Crippen LogP contribution >= 0.6 is 0 Å². The Morgan fingerprint density at radius 1 is 1.47 bits per heavy atom. The van der Waals surface area contributed by atoms with Crippen molar-refractivity contribution in [2.24, 2.45) is 11.7 Å². The molecule has 4 heteroatoms. The summed E-state index contributed by atoms with van der Waals surface area (Å²) in [5.74, 6) is 1.45. The van der Waals surface area contributed by atoms with Crippen molar-refractivity contribution in [1.29, 1.82) is 0 Å². The smallest absolute Gasteiger partial charge is 0.225 e. The molecule has 0 aromatic carbocycles. The second-order valence-electron chi connectivity index (χ2n) is 4.25. The molecule has 1 aromatic heterocycles. The molecule has 0 saturated carbocycles. The van der Waals surface area contributed by atoms with Crippen LogP contribution in [-0.2, 0) is 0 Å². The van der Waals surface area contributed by atoms with Gasteiger partial charge in [-0.15, -0.1) is 0 Å². The van der Waals surface area contributed by atoms with Gasteiger partial charge in [0.05, 0.1) is 0 Å². The maximum absolute atomic E-state index is 5.70. The molecule has 2 rings (SSSR count). The molecule has 0 spiro atoms. The first-order valence-electron chi connectivity index (χ1n) is 5.53. The van der Waals surface area contributed by atoms with Crippen LogP contribution in [0, 0.1) is 12.8 Å². The lowest BCUT2D eigenvalue weighted by Gasteiger charge is -2.32. The monoisotopic (exact) mass is 206 g/mol. The van der Waals surface area contributed by atoms with E-state index in [1.165, 1.54) is 12.8 Å². The van der Waals surface area contributed by atoms with Crippen molar-refractivity contribution < 1.29 is 0 Å². The molecule has 2 heterocycles. The SMILES string of the molecule is Cc1cnc(N2CCCC(CN)C2)nc1. The molecule has 2 N–H and O–H groups in total. The molecule has 1 fully saturated rings. The Hall–Kier alpha value is -1.16. The summed E-state index contributed by atoms with van der Waals surface area (Å²) in [6.45, 7) is 4.82. The predicted octanol–water partition coefficient (Wildman–Crippen LogP) is 0.960. The second kappa shape index (κ2) is 4.57. The van der Waals surface area contributed by atoms with Crippen LogP contribution in [0.25, 0.3) is 0 Å². The molecule has 0 bridgehead atoms. The van der Waals surface area contributed by atoms with E-state index in [0.717, 1.165) is 31.1 Å². The van der Waals surface area contributed by atoms with Gasteiger partial charge in [-0.05, 0) is 37.8 Å². The van der Waals surface area contributed by atoms with Gasteiger partial charge in [0.25, 0.3) is 0 Å². The van der Waals surface area contributed by atoms with E-state index in [9.17, 15) is 0 Å². The average molecular weight is 206 g/mol.